The summed E-state index contributed by atoms with van der Waals surface area (Å²) >= 11 is 1.76. The minimum absolute atomic E-state index is 0.0937. The third-order valence-corrected chi connectivity index (χ3v) is 4.89. The molecule has 1 aliphatic rings. The summed E-state index contributed by atoms with van der Waals surface area (Å²) in [5.74, 6) is 1.77. The minimum atomic E-state index is 0.0937. The van der Waals surface area contributed by atoms with E-state index >= 15 is 0 Å². The van der Waals surface area contributed by atoms with Crippen molar-refractivity contribution in [3.63, 3.8) is 0 Å². The van der Waals surface area contributed by atoms with Crippen LogP contribution in [0.25, 0.3) is 0 Å². The van der Waals surface area contributed by atoms with Crippen LogP contribution in [0.2, 0.25) is 0 Å². The van der Waals surface area contributed by atoms with Crippen LogP contribution in [0, 0.1) is 0 Å². The molecule has 6 nitrogen and oxygen atoms in total. The average Bonchev–Trinajstić information content (AvgIpc) is 3.18. The average molecular weight is 307 g/mol. The first-order valence-corrected chi connectivity index (χ1v) is 8.16. The SMILES string of the molecule is CCc1cnc(CN(C)c2nnc([C@@H]3CCCO3)n2C)s1. The highest BCUT2D eigenvalue weighted by molar-refractivity contribution is 7.11. The summed E-state index contributed by atoms with van der Waals surface area (Å²) in [6.07, 6.45) is 5.22. The van der Waals surface area contributed by atoms with Gasteiger partial charge in [-0.15, -0.1) is 21.5 Å². The zero-order valence-electron chi connectivity index (χ0n) is 12.7. The van der Waals surface area contributed by atoms with Gasteiger partial charge in [-0.05, 0) is 19.3 Å². The Morgan fingerprint density at radius 2 is 2.33 bits per heavy atom. The van der Waals surface area contributed by atoms with Crippen molar-refractivity contribution < 1.29 is 4.74 Å². The summed E-state index contributed by atoms with van der Waals surface area (Å²) in [5.41, 5.74) is 0. The normalized spacial score (nSPS) is 18.3. The lowest BCUT2D eigenvalue weighted by Gasteiger charge is -2.17. The van der Waals surface area contributed by atoms with Gasteiger partial charge in [-0.3, -0.25) is 4.57 Å². The van der Waals surface area contributed by atoms with Crippen molar-refractivity contribution in [1.29, 1.82) is 0 Å². The molecule has 1 fully saturated rings. The lowest BCUT2D eigenvalue weighted by Crippen LogP contribution is -2.20. The number of hydrogen-bond acceptors (Lipinski definition) is 6. The first-order valence-electron chi connectivity index (χ1n) is 7.34. The Balaban J connectivity index is 1.73. The second kappa shape index (κ2) is 6.11. The van der Waals surface area contributed by atoms with Crippen molar-refractivity contribution in [1.82, 2.24) is 19.7 Å². The maximum absolute atomic E-state index is 5.70. The lowest BCUT2D eigenvalue weighted by atomic mass is 10.2. The quantitative estimate of drug-likeness (QED) is 0.848. The molecule has 3 rings (SSSR count). The van der Waals surface area contributed by atoms with Crippen molar-refractivity contribution in [3.8, 4) is 0 Å². The Hall–Kier alpha value is -1.47. The molecule has 0 spiro atoms. The zero-order chi connectivity index (χ0) is 14.8. The number of thiazole rings is 1. The summed E-state index contributed by atoms with van der Waals surface area (Å²) in [6, 6.07) is 0. The molecule has 0 aliphatic carbocycles. The highest BCUT2D eigenvalue weighted by Crippen LogP contribution is 2.28. The number of aryl methyl sites for hydroxylation is 1. The fraction of sp³-hybridized carbons (Fsp3) is 0.643. The van der Waals surface area contributed by atoms with Crippen LogP contribution in [0.5, 0.6) is 0 Å². The summed E-state index contributed by atoms with van der Waals surface area (Å²) in [7, 11) is 4.03. The Morgan fingerprint density at radius 3 is 3.00 bits per heavy atom. The van der Waals surface area contributed by atoms with E-state index in [1.165, 1.54) is 4.88 Å². The van der Waals surface area contributed by atoms with Gasteiger partial charge >= 0.3 is 0 Å². The molecule has 2 aromatic heterocycles. The fourth-order valence-corrected chi connectivity index (χ4v) is 3.50. The lowest BCUT2D eigenvalue weighted by molar-refractivity contribution is 0.102. The molecule has 1 aliphatic heterocycles. The molecule has 0 amide bonds. The van der Waals surface area contributed by atoms with Crippen LogP contribution in [-0.4, -0.2) is 33.4 Å². The number of ether oxygens (including phenoxy) is 1. The summed E-state index contributed by atoms with van der Waals surface area (Å²) in [4.78, 5) is 7.86. The predicted molar refractivity (Wildman–Crippen MR) is 82.5 cm³/mol. The molecule has 1 atom stereocenters. The van der Waals surface area contributed by atoms with E-state index in [0.717, 1.165) is 49.2 Å². The third kappa shape index (κ3) is 2.94. The first-order chi connectivity index (χ1) is 10.2. The number of hydrogen-bond donors (Lipinski definition) is 0. The molecule has 21 heavy (non-hydrogen) atoms. The van der Waals surface area contributed by atoms with Gasteiger partial charge in [0.2, 0.25) is 5.95 Å². The van der Waals surface area contributed by atoms with E-state index < -0.39 is 0 Å². The van der Waals surface area contributed by atoms with Gasteiger partial charge in [0.05, 0.1) is 6.54 Å². The van der Waals surface area contributed by atoms with Crippen molar-refractivity contribution in [2.75, 3.05) is 18.6 Å². The van der Waals surface area contributed by atoms with E-state index in [9.17, 15) is 0 Å². The molecule has 0 bridgehead atoms. The van der Waals surface area contributed by atoms with Crippen LogP contribution in [0.1, 0.15) is 41.6 Å². The largest absolute Gasteiger partial charge is 0.370 e. The Morgan fingerprint density at radius 1 is 1.48 bits per heavy atom. The van der Waals surface area contributed by atoms with Crippen LogP contribution < -0.4 is 4.90 Å². The van der Waals surface area contributed by atoms with Gasteiger partial charge in [0, 0.05) is 31.8 Å². The summed E-state index contributed by atoms with van der Waals surface area (Å²) < 4.78 is 7.73. The summed E-state index contributed by atoms with van der Waals surface area (Å²) in [6.45, 7) is 3.72. The van der Waals surface area contributed by atoms with Crippen LogP contribution in [0.4, 0.5) is 5.95 Å². The van der Waals surface area contributed by atoms with E-state index in [0.29, 0.717) is 0 Å². The topological polar surface area (TPSA) is 56.1 Å². The minimum Gasteiger partial charge on any atom is -0.370 e. The van der Waals surface area contributed by atoms with E-state index in [-0.39, 0.29) is 6.10 Å². The van der Waals surface area contributed by atoms with E-state index in [2.05, 4.69) is 27.0 Å². The molecule has 3 heterocycles. The highest BCUT2D eigenvalue weighted by atomic mass is 32.1. The Labute approximate surface area is 128 Å². The molecule has 0 radical (unpaired) electrons. The molecule has 7 heteroatoms. The molecular formula is C14H21N5OS. The van der Waals surface area contributed by atoms with Crippen LogP contribution >= 0.6 is 11.3 Å². The second-order valence-corrected chi connectivity index (χ2v) is 6.55. The molecule has 0 N–H and O–H groups in total. The van der Waals surface area contributed by atoms with Gasteiger partial charge in [-0.2, -0.15) is 0 Å². The van der Waals surface area contributed by atoms with E-state index in [1.54, 1.807) is 11.3 Å². The molecule has 2 aromatic rings. The standard InChI is InChI=1S/C14H21N5OS/c1-4-10-8-15-12(21-10)9-18(2)14-17-16-13(19(14)3)11-6-5-7-20-11/h8,11H,4-7,9H2,1-3H3/t11-/m0/s1. The zero-order valence-corrected chi connectivity index (χ0v) is 13.6. The molecule has 1 saturated heterocycles. The smallest absolute Gasteiger partial charge is 0.227 e. The fourth-order valence-electron chi connectivity index (χ4n) is 2.58. The second-order valence-electron chi connectivity index (χ2n) is 5.35. The Kier molecular flexibility index (Phi) is 4.21. The number of nitrogens with zero attached hydrogens (tertiary/aromatic N) is 5. The first kappa shape index (κ1) is 14.5. The maximum atomic E-state index is 5.70. The van der Waals surface area contributed by atoms with Gasteiger partial charge in [0.25, 0.3) is 0 Å². The summed E-state index contributed by atoms with van der Waals surface area (Å²) in [5, 5.41) is 9.74. The van der Waals surface area contributed by atoms with Gasteiger partial charge in [0.15, 0.2) is 5.82 Å². The third-order valence-electron chi connectivity index (χ3n) is 3.77. The monoisotopic (exact) mass is 307 g/mol. The van der Waals surface area contributed by atoms with E-state index in [1.807, 2.05) is 24.9 Å². The van der Waals surface area contributed by atoms with Gasteiger partial charge in [0.1, 0.15) is 11.1 Å². The molecule has 114 valence electrons. The van der Waals surface area contributed by atoms with Crippen LogP contribution in [-0.2, 0) is 24.8 Å². The maximum Gasteiger partial charge on any atom is 0.227 e. The number of aromatic nitrogens is 4. The molecule has 0 saturated carbocycles. The number of anilines is 1. The molecule has 0 aromatic carbocycles. The van der Waals surface area contributed by atoms with Gasteiger partial charge in [-0.1, -0.05) is 6.92 Å². The predicted octanol–water partition coefficient (Wildman–Crippen LogP) is 2.32. The molecule has 0 unspecified atom stereocenters. The Bertz CT molecular complexity index is 602. The van der Waals surface area contributed by atoms with Crippen LogP contribution in [0.3, 0.4) is 0 Å². The van der Waals surface area contributed by atoms with Crippen LogP contribution in [0.15, 0.2) is 6.20 Å². The van der Waals surface area contributed by atoms with E-state index in [4.69, 9.17) is 4.74 Å². The van der Waals surface area contributed by atoms with Crippen molar-refractivity contribution in [3.05, 3.63) is 21.9 Å². The molecular weight excluding hydrogens is 286 g/mol. The van der Waals surface area contributed by atoms with Gasteiger partial charge < -0.3 is 9.64 Å². The highest BCUT2D eigenvalue weighted by Gasteiger charge is 2.25. The van der Waals surface area contributed by atoms with Gasteiger partial charge in [-0.25, -0.2) is 4.98 Å². The van der Waals surface area contributed by atoms with Crippen molar-refractivity contribution in [2.45, 2.75) is 38.8 Å². The number of rotatable bonds is 5. The van der Waals surface area contributed by atoms with Crippen molar-refractivity contribution >= 4 is 17.3 Å². The van der Waals surface area contributed by atoms with Crippen molar-refractivity contribution in [2.24, 2.45) is 7.05 Å².